The molecule has 0 heterocycles. The molecule has 1 N–H and O–H groups in total. The lowest BCUT2D eigenvalue weighted by Crippen LogP contribution is -2.36. The zero-order valence-electron chi connectivity index (χ0n) is 9.12. The summed E-state index contributed by atoms with van der Waals surface area (Å²) in [6, 6.07) is 0.542. The van der Waals surface area contributed by atoms with Crippen LogP contribution in [0.2, 0.25) is 0 Å². The van der Waals surface area contributed by atoms with Crippen molar-refractivity contribution in [2.75, 3.05) is 18.6 Å². The number of hydrogen-bond acceptors (Lipinski definition) is 3. The van der Waals surface area contributed by atoms with Gasteiger partial charge in [0.2, 0.25) is 0 Å². The topological polar surface area (TPSA) is 46.2 Å². The van der Waals surface area contributed by atoms with Crippen LogP contribution < -0.4 is 5.32 Å². The highest BCUT2D eigenvalue weighted by atomic mass is 32.2. The molecular formula is C10H21NO2S. The van der Waals surface area contributed by atoms with Gasteiger partial charge in [-0.3, -0.25) is 0 Å². The van der Waals surface area contributed by atoms with Gasteiger partial charge in [-0.1, -0.05) is 19.8 Å². The van der Waals surface area contributed by atoms with Crippen LogP contribution in [0.3, 0.4) is 0 Å². The van der Waals surface area contributed by atoms with E-state index in [0.717, 1.165) is 5.92 Å². The smallest absolute Gasteiger partial charge is 0.148 e. The molecule has 2 unspecified atom stereocenters. The van der Waals surface area contributed by atoms with E-state index in [9.17, 15) is 8.42 Å². The highest BCUT2D eigenvalue weighted by Gasteiger charge is 2.18. The molecule has 0 aliphatic heterocycles. The minimum Gasteiger partial charge on any atom is -0.313 e. The lowest BCUT2D eigenvalue weighted by Gasteiger charge is -2.27. The van der Waals surface area contributed by atoms with E-state index in [-0.39, 0.29) is 5.75 Å². The van der Waals surface area contributed by atoms with Crippen LogP contribution >= 0.6 is 0 Å². The molecule has 0 radical (unpaired) electrons. The molecule has 0 aromatic rings. The fourth-order valence-electron chi connectivity index (χ4n) is 2.07. The maximum atomic E-state index is 10.9. The second-order valence-electron chi connectivity index (χ2n) is 4.55. The predicted octanol–water partition coefficient (Wildman–Crippen LogP) is 1.20. The quantitative estimate of drug-likeness (QED) is 0.773. The first-order chi connectivity index (χ1) is 6.47. The number of nitrogens with one attached hydrogen (secondary N) is 1. The third-order valence-corrected chi connectivity index (χ3v) is 3.79. The largest absolute Gasteiger partial charge is 0.313 e. The Morgan fingerprint density at radius 3 is 2.64 bits per heavy atom. The molecule has 0 aromatic carbocycles. The summed E-state index contributed by atoms with van der Waals surface area (Å²) >= 11 is 0. The van der Waals surface area contributed by atoms with E-state index in [1.807, 2.05) is 0 Å². The molecule has 1 saturated carbocycles. The third kappa shape index (κ3) is 4.96. The summed E-state index contributed by atoms with van der Waals surface area (Å²) in [6.07, 6.45) is 6.29. The minimum atomic E-state index is -2.80. The van der Waals surface area contributed by atoms with Crippen molar-refractivity contribution < 1.29 is 8.42 Å². The predicted molar refractivity (Wildman–Crippen MR) is 59.1 cm³/mol. The Hall–Kier alpha value is -0.0900. The Balaban J connectivity index is 2.18. The summed E-state index contributed by atoms with van der Waals surface area (Å²) in [5.74, 6) is 1.05. The van der Waals surface area contributed by atoms with Crippen molar-refractivity contribution in [1.82, 2.24) is 5.32 Å². The number of rotatable bonds is 4. The molecule has 1 aliphatic carbocycles. The summed E-state index contributed by atoms with van der Waals surface area (Å²) < 4.78 is 21.8. The van der Waals surface area contributed by atoms with Gasteiger partial charge >= 0.3 is 0 Å². The lowest BCUT2D eigenvalue weighted by molar-refractivity contribution is 0.305. The van der Waals surface area contributed by atoms with E-state index < -0.39 is 9.84 Å². The number of sulfone groups is 1. The molecular weight excluding hydrogens is 198 g/mol. The molecule has 4 heteroatoms. The van der Waals surface area contributed by atoms with Crippen molar-refractivity contribution in [1.29, 1.82) is 0 Å². The number of hydrogen-bond donors (Lipinski definition) is 1. The van der Waals surface area contributed by atoms with Crippen LogP contribution in [0.25, 0.3) is 0 Å². The molecule has 14 heavy (non-hydrogen) atoms. The summed E-state index contributed by atoms with van der Waals surface area (Å²) in [7, 11) is -2.80. The van der Waals surface area contributed by atoms with Crippen molar-refractivity contribution in [2.24, 2.45) is 5.92 Å². The fraction of sp³-hybridized carbons (Fsp3) is 1.00. The normalized spacial score (nSPS) is 29.0. The molecule has 1 rings (SSSR count). The van der Waals surface area contributed by atoms with Gasteiger partial charge in [0.25, 0.3) is 0 Å². The maximum absolute atomic E-state index is 10.9. The highest BCUT2D eigenvalue weighted by Crippen LogP contribution is 2.23. The summed E-state index contributed by atoms with van der Waals surface area (Å²) in [5.41, 5.74) is 0. The Morgan fingerprint density at radius 2 is 2.07 bits per heavy atom. The summed E-state index contributed by atoms with van der Waals surface area (Å²) in [5, 5.41) is 3.33. The van der Waals surface area contributed by atoms with Crippen molar-refractivity contribution in [3.63, 3.8) is 0 Å². The SMILES string of the molecule is CC1CCCC(NCCS(C)(=O)=O)C1. The van der Waals surface area contributed by atoms with E-state index in [1.165, 1.54) is 31.9 Å². The lowest BCUT2D eigenvalue weighted by atomic mass is 9.87. The van der Waals surface area contributed by atoms with Gasteiger partial charge in [-0.25, -0.2) is 8.42 Å². The molecule has 2 atom stereocenters. The van der Waals surface area contributed by atoms with Crippen LogP contribution in [0.5, 0.6) is 0 Å². The molecule has 1 aliphatic rings. The van der Waals surface area contributed by atoms with Crippen molar-refractivity contribution >= 4 is 9.84 Å². The third-order valence-electron chi connectivity index (χ3n) is 2.84. The van der Waals surface area contributed by atoms with Gasteiger partial charge in [-0.05, 0) is 18.8 Å². The second-order valence-corrected chi connectivity index (χ2v) is 6.81. The van der Waals surface area contributed by atoms with Gasteiger partial charge in [0, 0.05) is 18.8 Å². The Morgan fingerprint density at radius 1 is 1.36 bits per heavy atom. The Labute approximate surface area is 87.2 Å². The van der Waals surface area contributed by atoms with Crippen LogP contribution in [0.4, 0.5) is 0 Å². The average Bonchev–Trinajstić information content (AvgIpc) is 2.01. The van der Waals surface area contributed by atoms with Gasteiger partial charge in [0.1, 0.15) is 9.84 Å². The van der Waals surface area contributed by atoms with Gasteiger partial charge < -0.3 is 5.32 Å². The molecule has 0 amide bonds. The molecule has 3 nitrogen and oxygen atoms in total. The minimum absolute atomic E-state index is 0.262. The molecule has 0 saturated heterocycles. The van der Waals surface area contributed by atoms with Crippen molar-refractivity contribution in [3.05, 3.63) is 0 Å². The van der Waals surface area contributed by atoms with Crippen LogP contribution in [-0.4, -0.2) is 33.0 Å². The van der Waals surface area contributed by atoms with E-state index in [4.69, 9.17) is 0 Å². The van der Waals surface area contributed by atoms with Gasteiger partial charge in [-0.15, -0.1) is 0 Å². The zero-order chi connectivity index (χ0) is 10.6. The van der Waals surface area contributed by atoms with Crippen LogP contribution in [-0.2, 0) is 9.84 Å². The molecule has 0 spiro atoms. The van der Waals surface area contributed by atoms with E-state index in [1.54, 1.807) is 0 Å². The van der Waals surface area contributed by atoms with Crippen LogP contribution in [0.1, 0.15) is 32.6 Å². The first kappa shape index (κ1) is 12.0. The molecule has 84 valence electrons. The van der Waals surface area contributed by atoms with Gasteiger partial charge in [0.15, 0.2) is 0 Å². The van der Waals surface area contributed by atoms with E-state index in [0.29, 0.717) is 12.6 Å². The first-order valence-electron chi connectivity index (χ1n) is 5.38. The standard InChI is InChI=1S/C10H21NO2S/c1-9-4-3-5-10(8-9)11-6-7-14(2,12)13/h9-11H,3-8H2,1-2H3. The monoisotopic (exact) mass is 219 g/mol. The molecule has 0 bridgehead atoms. The van der Waals surface area contributed by atoms with Crippen LogP contribution in [0, 0.1) is 5.92 Å². The van der Waals surface area contributed by atoms with Gasteiger partial charge in [-0.2, -0.15) is 0 Å². The Kier molecular flexibility index (Phi) is 4.38. The van der Waals surface area contributed by atoms with Crippen molar-refractivity contribution in [3.8, 4) is 0 Å². The zero-order valence-corrected chi connectivity index (χ0v) is 9.94. The second kappa shape index (κ2) is 5.12. The highest BCUT2D eigenvalue weighted by molar-refractivity contribution is 7.90. The van der Waals surface area contributed by atoms with Gasteiger partial charge in [0.05, 0.1) is 5.75 Å². The average molecular weight is 219 g/mol. The van der Waals surface area contributed by atoms with Crippen molar-refractivity contribution in [2.45, 2.75) is 38.6 Å². The first-order valence-corrected chi connectivity index (χ1v) is 7.44. The molecule has 1 fully saturated rings. The summed E-state index contributed by atoms with van der Waals surface area (Å²) in [6.45, 7) is 2.88. The van der Waals surface area contributed by atoms with Crippen LogP contribution in [0.15, 0.2) is 0 Å². The fourth-order valence-corrected chi connectivity index (χ4v) is 2.56. The van der Waals surface area contributed by atoms with E-state index >= 15 is 0 Å². The van der Waals surface area contributed by atoms with E-state index in [2.05, 4.69) is 12.2 Å². The maximum Gasteiger partial charge on any atom is 0.148 e. The molecule has 0 aromatic heterocycles. The Bertz CT molecular complexity index is 261. The summed E-state index contributed by atoms with van der Waals surface area (Å²) in [4.78, 5) is 0.